The van der Waals surface area contributed by atoms with Gasteiger partial charge >= 0.3 is 0 Å². The molecule has 0 amide bonds. The summed E-state index contributed by atoms with van der Waals surface area (Å²) >= 11 is 0. The average Bonchev–Trinajstić information content (AvgIpc) is 2.96. The van der Waals surface area contributed by atoms with Gasteiger partial charge in [0.1, 0.15) is 0 Å². The number of aromatic nitrogens is 2. The maximum absolute atomic E-state index is 4.46. The highest BCUT2D eigenvalue weighted by Crippen LogP contribution is 2.44. The number of imidazole rings is 1. The molecule has 2 unspecified atom stereocenters. The summed E-state index contributed by atoms with van der Waals surface area (Å²) in [6.07, 6.45) is 14.1. The summed E-state index contributed by atoms with van der Waals surface area (Å²) in [6.45, 7) is 2.41. The first-order chi connectivity index (χ1) is 9.43. The minimum atomic E-state index is 0.757. The van der Waals surface area contributed by atoms with Crippen LogP contribution in [-0.2, 0) is 0 Å². The Morgan fingerprint density at radius 2 is 1.95 bits per heavy atom. The van der Waals surface area contributed by atoms with Crippen molar-refractivity contribution in [1.29, 1.82) is 0 Å². The molecule has 3 heteroatoms. The molecule has 0 spiro atoms. The second kappa shape index (κ2) is 4.93. The van der Waals surface area contributed by atoms with Gasteiger partial charge in [-0.2, -0.15) is 0 Å². The summed E-state index contributed by atoms with van der Waals surface area (Å²) in [5.41, 5.74) is 1.54. The number of rotatable bonds is 3. The number of piperidine rings is 1. The standard InChI is InChI=1S/C16H25N3/c1-2-4-12(3-1)15-9-17-8-7-14(15)16-10-18-11-19(16)13-5-6-13/h10-15,17H,1-9H2. The van der Waals surface area contributed by atoms with E-state index < -0.39 is 0 Å². The lowest BCUT2D eigenvalue weighted by Gasteiger charge is -2.36. The molecule has 0 radical (unpaired) electrons. The maximum Gasteiger partial charge on any atom is 0.0950 e. The van der Waals surface area contributed by atoms with Crippen LogP contribution < -0.4 is 5.32 Å². The van der Waals surface area contributed by atoms with E-state index in [1.807, 2.05) is 0 Å². The van der Waals surface area contributed by atoms with Crippen molar-refractivity contribution in [3.63, 3.8) is 0 Å². The Morgan fingerprint density at radius 1 is 1.11 bits per heavy atom. The van der Waals surface area contributed by atoms with Crippen molar-refractivity contribution in [2.45, 2.75) is 56.9 Å². The van der Waals surface area contributed by atoms with E-state index in [9.17, 15) is 0 Å². The SMILES string of the molecule is c1ncn(C2CC2)c1C1CCNCC1C1CCCC1. The summed E-state index contributed by atoms with van der Waals surface area (Å²) in [7, 11) is 0. The van der Waals surface area contributed by atoms with Crippen molar-refractivity contribution in [2.24, 2.45) is 11.8 Å². The van der Waals surface area contributed by atoms with Crippen LogP contribution in [0.2, 0.25) is 0 Å². The van der Waals surface area contributed by atoms with Crippen LogP contribution in [0.4, 0.5) is 0 Å². The van der Waals surface area contributed by atoms with Gasteiger partial charge in [-0.05, 0) is 44.2 Å². The summed E-state index contributed by atoms with van der Waals surface area (Å²) in [5, 5.41) is 3.64. The molecule has 3 fully saturated rings. The number of nitrogens with zero attached hydrogens (tertiary/aromatic N) is 2. The zero-order valence-electron chi connectivity index (χ0n) is 11.7. The number of hydrogen-bond acceptors (Lipinski definition) is 2. The molecule has 1 N–H and O–H groups in total. The van der Waals surface area contributed by atoms with Gasteiger partial charge in [0.2, 0.25) is 0 Å². The van der Waals surface area contributed by atoms with Crippen molar-refractivity contribution < 1.29 is 0 Å². The third kappa shape index (κ3) is 2.22. The molecule has 2 saturated carbocycles. The Hall–Kier alpha value is -0.830. The van der Waals surface area contributed by atoms with Crippen LogP contribution in [0, 0.1) is 11.8 Å². The predicted octanol–water partition coefficient (Wildman–Crippen LogP) is 3.10. The van der Waals surface area contributed by atoms with E-state index in [-0.39, 0.29) is 0 Å². The Kier molecular flexibility index (Phi) is 3.10. The molecule has 1 aromatic heterocycles. The Labute approximate surface area is 115 Å². The van der Waals surface area contributed by atoms with Crippen LogP contribution in [0.15, 0.2) is 12.5 Å². The summed E-state index contributed by atoms with van der Waals surface area (Å²) in [4.78, 5) is 4.46. The summed E-state index contributed by atoms with van der Waals surface area (Å²) in [5.74, 6) is 2.57. The van der Waals surface area contributed by atoms with Crippen molar-refractivity contribution in [3.8, 4) is 0 Å². The molecule has 104 valence electrons. The van der Waals surface area contributed by atoms with Crippen molar-refractivity contribution >= 4 is 0 Å². The lowest BCUT2D eigenvalue weighted by atomic mass is 9.75. The Bertz CT molecular complexity index is 429. The van der Waals surface area contributed by atoms with Gasteiger partial charge in [0, 0.05) is 23.9 Å². The third-order valence-electron chi connectivity index (χ3n) is 5.55. The normalized spacial score (nSPS) is 32.8. The van der Waals surface area contributed by atoms with Gasteiger partial charge in [0.05, 0.1) is 6.33 Å². The van der Waals surface area contributed by atoms with Gasteiger partial charge in [0.15, 0.2) is 0 Å². The fourth-order valence-corrected chi connectivity index (χ4v) is 4.39. The first-order valence-corrected chi connectivity index (χ1v) is 8.16. The largest absolute Gasteiger partial charge is 0.331 e. The Morgan fingerprint density at radius 3 is 2.74 bits per heavy atom. The quantitative estimate of drug-likeness (QED) is 0.904. The second-order valence-electron chi connectivity index (χ2n) is 6.76. The molecule has 0 bridgehead atoms. The molecule has 1 saturated heterocycles. The first-order valence-electron chi connectivity index (χ1n) is 8.16. The molecule has 2 atom stereocenters. The highest BCUT2D eigenvalue weighted by atomic mass is 15.1. The fraction of sp³-hybridized carbons (Fsp3) is 0.812. The summed E-state index contributed by atoms with van der Waals surface area (Å²) in [6, 6.07) is 0.775. The molecule has 3 aliphatic rings. The van der Waals surface area contributed by atoms with Crippen LogP contribution in [0.5, 0.6) is 0 Å². The number of hydrogen-bond donors (Lipinski definition) is 1. The molecule has 0 aromatic carbocycles. The lowest BCUT2D eigenvalue weighted by molar-refractivity contribution is 0.224. The van der Waals surface area contributed by atoms with E-state index >= 15 is 0 Å². The molecular weight excluding hydrogens is 234 g/mol. The van der Waals surface area contributed by atoms with E-state index in [2.05, 4.69) is 27.4 Å². The van der Waals surface area contributed by atoms with Crippen LogP contribution in [0.25, 0.3) is 0 Å². The molecule has 2 heterocycles. The first kappa shape index (κ1) is 12.0. The van der Waals surface area contributed by atoms with E-state index in [0.717, 1.165) is 23.8 Å². The van der Waals surface area contributed by atoms with E-state index in [1.165, 1.54) is 58.0 Å². The van der Waals surface area contributed by atoms with Crippen LogP contribution >= 0.6 is 0 Å². The van der Waals surface area contributed by atoms with Gasteiger partial charge in [-0.3, -0.25) is 0 Å². The van der Waals surface area contributed by atoms with E-state index in [1.54, 1.807) is 5.69 Å². The van der Waals surface area contributed by atoms with Gasteiger partial charge < -0.3 is 9.88 Å². The zero-order valence-corrected chi connectivity index (χ0v) is 11.7. The lowest BCUT2D eigenvalue weighted by Crippen LogP contribution is -2.39. The number of nitrogens with one attached hydrogen (secondary N) is 1. The molecule has 4 rings (SSSR count). The average molecular weight is 259 g/mol. The second-order valence-corrected chi connectivity index (χ2v) is 6.76. The fourth-order valence-electron chi connectivity index (χ4n) is 4.39. The monoisotopic (exact) mass is 259 g/mol. The molecule has 2 aliphatic carbocycles. The molecule has 3 nitrogen and oxygen atoms in total. The van der Waals surface area contributed by atoms with E-state index in [0.29, 0.717) is 0 Å². The minimum Gasteiger partial charge on any atom is -0.331 e. The Balaban J connectivity index is 1.60. The van der Waals surface area contributed by atoms with Gasteiger partial charge in [-0.15, -0.1) is 0 Å². The smallest absolute Gasteiger partial charge is 0.0950 e. The predicted molar refractivity (Wildman–Crippen MR) is 76.2 cm³/mol. The highest BCUT2D eigenvalue weighted by Gasteiger charge is 2.37. The van der Waals surface area contributed by atoms with Crippen LogP contribution in [0.3, 0.4) is 0 Å². The van der Waals surface area contributed by atoms with E-state index in [4.69, 9.17) is 0 Å². The van der Waals surface area contributed by atoms with Gasteiger partial charge in [0.25, 0.3) is 0 Å². The van der Waals surface area contributed by atoms with Crippen molar-refractivity contribution in [1.82, 2.24) is 14.9 Å². The minimum absolute atomic E-state index is 0.757. The van der Waals surface area contributed by atoms with Crippen molar-refractivity contribution in [3.05, 3.63) is 18.2 Å². The van der Waals surface area contributed by atoms with Gasteiger partial charge in [-0.1, -0.05) is 25.7 Å². The molecule has 19 heavy (non-hydrogen) atoms. The summed E-state index contributed by atoms with van der Waals surface area (Å²) < 4.78 is 2.50. The van der Waals surface area contributed by atoms with Gasteiger partial charge in [-0.25, -0.2) is 4.98 Å². The highest BCUT2D eigenvalue weighted by molar-refractivity contribution is 5.13. The zero-order chi connectivity index (χ0) is 12.7. The van der Waals surface area contributed by atoms with Crippen molar-refractivity contribution in [2.75, 3.05) is 13.1 Å². The molecule has 1 aliphatic heterocycles. The van der Waals surface area contributed by atoms with Crippen LogP contribution in [0.1, 0.15) is 62.6 Å². The molecule has 1 aromatic rings. The van der Waals surface area contributed by atoms with Crippen LogP contribution in [-0.4, -0.2) is 22.6 Å². The maximum atomic E-state index is 4.46. The third-order valence-corrected chi connectivity index (χ3v) is 5.55. The topological polar surface area (TPSA) is 29.9 Å². The molecular formula is C16H25N3.